The van der Waals surface area contributed by atoms with Crippen LogP contribution in [0.2, 0.25) is 5.15 Å². The minimum absolute atomic E-state index is 0.501. The van der Waals surface area contributed by atoms with E-state index < -0.39 is 0 Å². The number of rotatable bonds is 3. The van der Waals surface area contributed by atoms with Crippen molar-refractivity contribution >= 4 is 29.2 Å². The number of hydrogen-bond acceptors (Lipinski definition) is 5. The number of nitrogens with zero attached hydrogens (tertiary/aromatic N) is 3. The molecule has 2 fully saturated rings. The Balaban J connectivity index is 1.72. The zero-order chi connectivity index (χ0) is 13.2. The molecule has 2 aliphatic rings. The van der Waals surface area contributed by atoms with Crippen LogP contribution in [0.4, 0.5) is 5.82 Å². The van der Waals surface area contributed by atoms with E-state index in [0.29, 0.717) is 17.2 Å². The lowest BCUT2D eigenvalue weighted by Crippen LogP contribution is -2.41. The smallest absolute Gasteiger partial charge is 0.190 e. The number of fused-ring (bicyclic) bond motifs is 1. The van der Waals surface area contributed by atoms with Gasteiger partial charge in [0.2, 0.25) is 0 Å². The third-order valence-electron chi connectivity index (χ3n) is 4.05. The topological polar surface area (TPSA) is 41.1 Å². The van der Waals surface area contributed by atoms with Gasteiger partial charge in [0.25, 0.3) is 0 Å². The summed E-state index contributed by atoms with van der Waals surface area (Å²) in [4.78, 5) is 11.3. The summed E-state index contributed by atoms with van der Waals surface area (Å²) in [6.45, 7) is 2.46. The van der Waals surface area contributed by atoms with Crippen LogP contribution in [0.25, 0.3) is 0 Å². The number of hydrogen-bond donors (Lipinski definition) is 1. The van der Waals surface area contributed by atoms with E-state index in [0.717, 1.165) is 11.0 Å². The van der Waals surface area contributed by atoms with E-state index in [9.17, 15) is 0 Å². The molecule has 2 saturated heterocycles. The Labute approximate surface area is 123 Å². The minimum atomic E-state index is 0.501. The third-order valence-corrected chi connectivity index (χ3v) is 4.79. The van der Waals surface area contributed by atoms with Crippen LogP contribution >= 0.6 is 23.4 Å². The molecule has 1 aromatic rings. The lowest BCUT2D eigenvalue weighted by Gasteiger charge is -2.32. The summed E-state index contributed by atoms with van der Waals surface area (Å²) in [5.41, 5.74) is 0. The highest BCUT2D eigenvalue weighted by atomic mass is 35.5. The predicted octanol–water partition coefficient (Wildman–Crippen LogP) is 2.89. The van der Waals surface area contributed by atoms with Crippen LogP contribution < -0.4 is 5.32 Å². The van der Waals surface area contributed by atoms with Crippen LogP contribution in [-0.4, -0.2) is 46.3 Å². The maximum atomic E-state index is 6.04. The Morgan fingerprint density at radius 2 is 2.21 bits per heavy atom. The second-order valence-corrected chi connectivity index (χ2v) is 6.36. The molecular formula is C13H19ClN4S. The highest BCUT2D eigenvalue weighted by Crippen LogP contribution is 2.29. The molecule has 0 amide bonds. The fraction of sp³-hybridized carbons (Fsp3) is 0.692. The summed E-state index contributed by atoms with van der Waals surface area (Å²) < 4.78 is 0. The van der Waals surface area contributed by atoms with Gasteiger partial charge in [-0.2, -0.15) is 0 Å². The molecule has 2 unspecified atom stereocenters. The molecule has 104 valence electrons. The zero-order valence-corrected chi connectivity index (χ0v) is 12.7. The van der Waals surface area contributed by atoms with Crippen molar-refractivity contribution < 1.29 is 0 Å². The van der Waals surface area contributed by atoms with Crippen molar-refractivity contribution in [2.45, 2.75) is 42.9 Å². The zero-order valence-electron chi connectivity index (χ0n) is 11.1. The molecule has 2 aliphatic heterocycles. The first-order chi connectivity index (χ1) is 9.26. The minimum Gasteiger partial charge on any atom is -0.366 e. The molecule has 3 heterocycles. The average molecular weight is 299 g/mol. The van der Waals surface area contributed by atoms with Gasteiger partial charge in [0.05, 0.1) is 0 Å². The third kappa shape index (κ3) is 2.98. The van der Waals surface area contributed by atoms with Crippen LogP contribution in [0.1, 0.15) is 25.7 Å². The van der Waals surface area contributed by atoms with Crippen molar-refractivity contribution in [2.24, 2.45) is 0 Å². The molecule has 0 saturated carbocycles. The van der Waals surface area contributed by atoms with E-state index in [-0.39, 0.29) is 0 Å². The van der Waals surface area contributed by atoms with Gasteiger partial charge in [0.1, 0.15) is 11.0 Å². The Bertz CT molecular complexity index is 456. The Kier molecular flexibility index (Phi) is 4.15. The average Bonchev–Trinajstić information content (AvgIpc) is 2.82. The Morgan fingerprint density at radius 3 is 3.05 bits per heavy atom. The molecule has 3 rings (SSSR count). The van der Waals surface area contributed by atoms with Crippen LogP contribution in [0.15, 0.2) is 11.2 Å². The van der Waals surface area contributed by atoms with E-state index in [4.69, 9.17) is 11.6 Å². The number of anilines is 1. The number of thioether (sulfide) groups is 1. The highest BCUT2D eigenvalue weighted by molar-refractivity contribution is 7.98. The summed E-state index contributed by atoms with van der Waals surface area (Å²) in [6, 6.07) is 2.99. The van der Waals surface area contributed by atoms with E-state index in [2.05, 4.69) is 20.2 Å². The summed E-state index contributed by atoms with van der Waals surface area (Å²) in [6.07, 6.45) is 7.15. The maximum absolute atomic E-state index is 6.04. The molecule has 0 radical (unpaired) electrons. The van der Waals surface area contributed by atoms with Crippen molar-refractivity contribution in [1.29, 1.82) is 0 Å². The molecule has 1 aromatic heterocycles. The lowest BCUT2D eigenvalue weighted by atomic mass is 9.99. The van der Waals surface area contributed by atoms with Gasteiger partial charge < -0.3 is 5.32 Å². The van der Waals surface area contributed by atoms with E-state index in [1.54, 1.807) is 0 Å². The number of aromatic nitrogens is 2. The molecule has 2 atom stereocenters. The number of piperidine rings is 1. The van der Waals surface area contributed by atoms with Gasteiger partial charge in [-0.25, -0.2) is 9.97 Å². The largest absolute Gasteiger partial charge is 0.366 e. The van der Waals surface area contributed by atoms with E-state index in [1.165, 1.54) is 50.5 Å². The van der Waals surface area contributed by atoms with Crippen LogP contribution in [0.5, 0.6) is 0 Å². The Hall–Kier alpha value is -0.520. The van der Waals surface area contributed by atoms with Gasteiger partial charge in [-0.05, 0) is 32.1 Å². The molecule has 0 aliphatic carbocycles. The molecule has 1 N–H and O–H groups in total. The van der Waals surface area contributed by atoms with Gasteiger partial charge in [-0.15, -0.1) is 0 Å². The standard InChI is InChI=1S/C13H19ClN4S/c1-19-13-16-11(14)8-12(17-13)15-9-5-7-18-6-3-2-4-10(9)18/h8-10H,2-7H2,1H3,(H,15,16,17). The summed E-state index contributed by atoms with van der Waals surface area (Å²) >= 11 is 7.56. The maximum Gasteiger partial charge on any atom is 0.190 e. The molecule has 19 heavy (non-hydrogen) atoms. The van der Waals surface area contributed by atoms with Crippen LogP contribution in [0, 0.1) is 0 Å². The van der Waals surface area contributed by atoms with E-state index >= 15 is 0 Å². The SMILES string of the molecule is CSc1nc(Cl)cc(NC2CCN3CCCCC23)n1. The van der Waals surface area contributed by atoms with Crippen LogP contribution in [-0.2, 0) is 0 Å². The van der Waals surface area contributed by atoms with Gasteiger partial charge in [-0.3, -0.25) is 4.90 Å². The molecule has 0 spiro atoms. The summed E-state index contributed by atoms with van der Waals surface area (Å²) in [7, 11) is 0. The van der Waals surface area contributed by atoms with Crippen molar-refractivity contribution in [2.75, 3.05) is 24.7 Å². The fourth-order valence-corrected chi connectivity index (χ4v) is 3.78. The quantitative estimate of drug-likeness (QED) is 0.528. The molecular weight excluding hydrogens is 280 g/mol. The second-order valence-electron chi connectivity index (χ2n) is 5.20. The number of halogens is 1. The Morgan fingerprint density at radius 1 is 1.32 bits per heavy atom. The highest BCUT2D eigenvalue weighted by Gasteiger charge is 2.35. The van der Waals surface area contributed by atoms with Crippen molar-refractivity contribution in [3.63, 3.8) is 0 Å². The van der Waals surface area contributed by atoms with E-state index in [1.807, 2.05) is 12.3 Å². The van der Waals surface area contributed by atoms with Crippen molar-refractivity contribution in [3.8, 4) is 0 Å². The van der Waals surface area contributed by atoms with Crippen molar-refractivity contribution in [3.05, 3.63) is 11.2 Å². The number of nitrogens with one attached hydrogen (secondary N) is 1. The first-order valence-electron chi connectivity index (χ1n) is 6.85. The van der Waals surface area contributed by atoms with Gasteiger partial charge in [0.15, 0.2) is 5.16 Å². The van der Waals surface area contributed by atoms with Crippen molar-refractivity contribution in [1.82, 2.24) is 14.9 Å². The monoisotopic (exact) mass is 298 g/mol. The van der Waals surface area contributed by atoms with Crippen LogP contribution in [0.3, 0.4) is 0 Å². The van der Waals surface area contributed by atoms with Gasteiger partial charge >= 0.3 is 0 Å². The predicted molar refractivity (Wildman–Crippen MR) is 80.1 cm³/mol. The molecule has 4 nitrogen and oxygen atoms in total. The fourth-order valence-electron chi connectivity index (χ4n) is 3.17. The van der Waals surface area contributed by atoms with Gasteiger partial charge in [-0.1, -0.05) is 29.8 Å². The summed E-state index contributed by atoms with van der Waals surface area (Å²) in [5.74, 6) is 0.863. The summed E-state index contributed by atoms with van der Waals surface area (Å²) in [5, 5.41) is 4.81. The molecule has 0 bridgehead atoms. The molecule has 6 heteroatoms. The second kappa shape index (κ2) is 5.85. The van der Waals surface area contributed by atoms with Gasteiger partial charge in [0, 0.05) is 24.7 Å². The lowest BCUT2D eigenvalue weighted by molar-refractivity contribution is 0.192. The normalized spacial score (nSPS) is 27.3. The first kappa shape index (κ1) is 13.5. The molecule has 0 aromatic carbocycles. The first-order valence-corrected chi connectivity index (χ1v) is 8.46.